The summed E-state index contributed by atoms with van der Waals surface area (Å²) in [4.78, 5) is 0. The molecular formula is C110H100. The fourth-order valence-corrected chi connectivity index (χ4v) is 19.5. The van der Waals surface area contributed by atoms with Gasteiger partial charge in [-0.05, 0) is 218 Å². The minimum Gasteiger partial charge on any atom is -0.0622 e. The quantitative estimate of drug-likeness (QED) is 0.161. The smallest absolute Gasteiger partial charge is 0.0165 e. The van der Waals surface area contributed by atoms with E-state index in [1.54, 1.807) is 0 Å². The van der Waals surface area contributed by atoms with Crippen molar-refractivity contribution in [2.75, 3.05) is 0 Å². The maximum Gasteiger partial charge on any atom is 0.0165 e. The molecule has 0 radical (unpaired) electrons. The first-order chi connectivity index (χ1) is 53.0. The number of fused-ring (bicyclic) bond motifs is 15. The van der Waals surface area contributed by atoms with Crippen molar-refractivity contribution in [1.29, 1.82) is 0 Å². The van der Waals surface area contributed by atoms with Gasteiger partial charge in [-0.3, -0.25) is 0 Å². The molecule has 0 fully saturated rings. The molecular weight excluding hydrogens is 1320 g/mol. The Kier molecular flexibility index (Phi) is 18.7. The summed E-state index contributed by atoms with van der Waals surface area (Å²) in [6.45, 7) is 34.4. The third-order valence-corrected chi connectivity index (χ3v) is 24.9. The molecule has 15 aromatic carbocycles. The number of hydrogen-bond donors (Lipinski definition) is 0. The van der Waals surface area contributed by atoms with Crippen molar-refractivity contribution in [2.24, 2.45) is 0 Å². The monoisotopic (exact) mass is 1420 g/mol. The van der Waals surface area contributed by atoms with Gasteiger partial charge in [-0.2, -0.15) is 0 Å². The summed E-state index contributed by atoms with van der Waals surface area (Å²) in [5.41, 5.74) is 48.8. The lowest BCUT2D eigenvalue weighted by Gasteiger charge is -2.25. The lowest BCUT2D eigenvalue weighted by Crippen LogP contribution is -2.16. The Bertz CT molecular complexity index is 6020. The fraction of sp³-hybridized carbons (Fsp3) is 0.182. The van der Waals surface area contributed by atoms with E-state index >= 15 is 0 Å². The minimum atomic E-state index is 0.0448. The summed E-state index contributed by atoms with van der Waals surface area (Å²) in [6, 6.07) is 121. The Morgan fingerprint density at radius 2 is 0.491 bits per heavy atom. The first-order valence-electron chi connectivity index (χ1n) is 39.5. The normalized spacial score (nSPS) is 14.5. The van der Waals surface area contributed by atoms with Crippen molar-refractivity contribution in [3.8, 4) is 111 Å². The summed E-state index contributed by atoms with van der Waals surface area (Å²) >= 11 is 0. The second-order valence-corrected chi connectivity index (χ2v) is 33.7. The maximum absolute atomic E-state index is 2.35. The van der Waals surface area contributed by atoms with Gasteiger partial charge in [0, 0.05) is 27.1 Å². The van der Waals surface area contributed by atoms with E-state index in [2.05, 4.69) is 438 Å². The molecule has 15 aromatic rings. The highest BCUT2D eigenvalue weighted by Gasteiger charge is 2.42. The van der Waals surface area contributed by atoms with E-state index in [1.165, 1.54) is 195 Å². The van der Waals surface area contributed by atoms with Crippen LogP contribution in [-0.2, 0) is 27.1 Å². The molecule has 0 spiro atoms. The van der Waals surface area contributed by atoms with Crippen LogP contribution in [0.1, 0.15) is 153 Å². The van der Waals surface area contributed by atoms with Crippen LogP contribution in [0.15, 0.2) is 334 Å². The van der Waals surface area contributed by atoms with Crippen LogP contribution in [0.3, 0.4) is 0 Å². The van der Waals surface area contributed by atoms with Crippen LogP contribution < -0.4 is 0 Å². The van der Waals surface area contributed by atoms with Crippen molar-refractivity contribution < 1.29 is 0 Å². The third-order valence-electron chi connectivity index (χ3n) is 24.9. The standard InChI is InChI=1S/5C22H20/c1-15-8-6-9-16(14-15)17-11-7-13-20-21(17)18-10-4-5-12-19(18)22(20,2)3;1-15-9-4-5-10-16(15)17-12-8-14-20-21(17)18-11-6-7-13-19(18)22(20,2)3;1-15-11-13-16(14-12-15)17-8-6-9-19-18-7-4-5-10-20(18)22(2,3)21(17)19;1-15-13-14-17(16-9-5-4-6-10-16)20-18-11-7-8-12-19(18)22(2,3)21(15)20;1-15-13-14-17(16-9-5-4-6-10-16)21-20(15)18-11-7-8-12-19(18)22(21,2)3/h5*4-14H,1-3H3. The summed E-state index contributed by atoms with van der Waals surface area (Å²) in [7, 11) is 0. The maximum atomic E-state index is 2.35. The highest BCUT2D eigenvalue weighted by atomic mass is 14.5. The second-order valence-electron chi connectivity index (χ2n) is 33.7. The largest absolute Gasteiger partial charge is 0.0622 e. The Morgan fingerprint density at radius 1 is 0.155 bits per heavy atom. The Labute approximate surface area is 655 Å². The van der Waals surface area contributed by atoms with E-state index in [0.717, 1.165) is 0 Å². The summed E-state index contributed by atoms with van der Waals surface area (Å²) < 4.78 is 0. The van der Waals surface area contributed by atoms with E-state index in [1.807, 2.05) is 0 Å². The molecule has 0 saturated carbocycles. The van der Waals surface area contributed by atoms with Crippen LogP contribution in [0.5, 0.6) is 0 Å². The SMILES string of the molecule is Cc1ccc(-c2cccc3c2C(C)(C)c2ccccc2-3)cc1.Cc1ccc(-c2ccccc2)c2c1-c1ccccc1C2(C)C.Cc1ccc(-c2ccccc2)c2c1C(C)(C)c1ccccc1-2.Cc1cccc(-c2cccc3c2-c2ccccc2C3(C)C)c1.Cc1ccccc1-c1cccc2c1-c1ccccc1C2(C)C. The number of aryl methyl sites for hydroxylation is 5. The molecule has 0 amide bonds. The van der Waals surface area contributed by atoms with Crippen LogP contribution >= 0.6 is 0 Å². The zero-order chi connectivity index (χ0) is 76.6. The van der Waals surface area contributed by atoms with Crippen molar-refractivity contribution in [3.63, 3.8) is 0 Å². The average molecular weight is 1420 g/mol. The van der Waals surface area contributed by atoms with Gasteiger partial charge in [0.05, 0.1) is 0 Å². The molecule has 0 heteroatoms. The van der Waals surface area contributed by atoms with Gasteiger partial charge in [-0.15, -0.1) is 0 Å². The molecule has 110 heavy (non-hydrogen) atoms. The van der Waals surface area contributed by atoms with Crippen LogP contribution in [0, 0.1) is 34.6 Å². The molecule has 0 N–H and O–H groups in total. The zero-order valence-corrected chi connectivity index (χ0v) is 66.8. The lowest BCUT2D eigenvalue weighted by atomic mass is 9.78. The Hall–Kier alpha value is -11.7. The van der Waals surface area contributed by atoms with E-state index in [0.29, 0.717) is 0 Å². The molecule has 0 aliphatic heterocycles. The highest BCUT2D eigenvalue weighted by molar-refractivity contribution is 5.97. The topological polar surface area (TPSA) is 0 Å². The zero-order valence-electron chi connectivity index (χ0n) is 66.8. The molecule has 20 rings (SSSR count). The van der Waals surface area contributed by atoms with E-state index < -0.39 is 0 Å². The predicted molar refractivity (Wildman–Crippen MR) is 471 cm³/mol. The first-order valence-corrected chi connectivity index (χ1v) is 39.5. The summed E-state index contributed by atoms with van der Waals surface area (Å²) in [5.74, 6) is 0. The van der Waals surface area contributed by atoms with Gasteiger partial charge in [0.15, 0.2) is 0 Å². The fourth-order valence-electron chi connectivity index (χ4n) is 19.5. The lowest BCUT2D eigenvalue weighted by molar-refractivity contribution is 0.656. The minimum absolute atomic E-state index is 0.0448. The van der Waals surface area contributed by atoms with Gasteiger partial charge < -0.3 is 0 Å². The summed E-state index contributed by atoms with van der Waals surface area (Å²) in [6.07, 6.45) is 0. The van der Waals surface area contributed by atoms with E-state index in [-0.39, 0.29) is 27.1 Å². The van der Waals surface area contributed by atoms with Crippen molar-refractivity contribution in [2.45, 2.75) is 131 Å². The number of rotatable bonds is 5. The van der Waals surface area contributed by atoms with Crippen LogP contribution in [0.25, 0.3) is 111 Å². The van der Waals surface area contributed by atoms with Crippen molar-refractivity contribution in [3.05, 3.63) is 417 Å². The second kappa shape index (κ2) is 28.4. The molecule has 0 nitrogen and oxygen atoms in total. The molecule has 5 aliphatic rings. The highest BCUT2D eigenvalue weighted by Crippen LogP contribution is 2.58. The molecule has 0 atom stereocenters. The first kappa shape index (κ1) is 72.5. The van der Waals surface area contributed by atoms with E-state index in [9.17, 15) is 0 Å². The third kappa shape index (κ3) is 12.3. The van der Waals surface area contributed by atoms with Gasteiger partial charge in [-0.25, -0.2) is 0 Å². The van der Waals surface area contributed by atoms with Gasteiger partial charge >= 0.3 is 0 Å². The molecule has 540 valence electrons. The van der Waals surface area contributed by atoms with Gasteiger partial charge in [0.2, 0.25) is 0 Å². The molecule has 0 unspecified atom stereocenters. The van der Waals surface area contributed by atoms with Gasteiger partial charge in [-0.1, -0.05) is 414 Å². The number of hydrogen-bond acceptors (Lipinski definition) is 0. The van der Waals surface area contributed by atoms with E-state index in [4.69, 9.17) is 0 Å². The van der Waals surface area contributed by atoms with Crippen molar-refractivity contribution >= 4 is 0 Å². The van der Waals surface area contributed by atoms with Crippen molar-refractivity contribution in [1.82, 2.24) is 0 Å². The van der Waals surface area contributed by atoms with Gasteiger partial charge in [0.1, 0.15) is 0 Å². The Balaban J connectivity index is 0.000000104. The molecule has 0 aromatic heterocycles. The molecule has 0 heterocycles. The molecule has 0 saturated heterocycles. The Morgan fingerprint density at radius 3 is 1.05 bits per heavy atom. The van der Waals surface area contributed by atoms with Gasteiger partial charge in [0.25, 0.3) is 0 Å². The predicted octanol–water partition coefficient (Wildman–Crippen LogP) is 29.8. The number of benzene rings is 15. The average Bonchev–Trinajstić information content (AvgIpc) is 1.58. The van der Waals surface area contributed by atoms with Crippen LogP contribution in [0.2, 0.25) is 0 Å². The summed E-state index contributed by atoms with van der Waals surface area (Å²) in [5, 5.41) is 0. The molecule has 5 aliphatic carbocycles. The van der Waals surface area contributed by atoms with Crippen LogP contribution in [-0.4, -0.2) is 0 Å². The molecule has 0 bridgehead atoms. The van der Waals surface area contributed by atoms with Crippen LogP contribution in [0.4, 0.5) is 0 Å².